The third kappa shape index (κ3) is 5.51. The highest BCUT2D eigenvalue weighted by molar-refractivity contribution is 7.09. The molecule has 4 nitrogen and oxygen atoms in total. The van der Waals surface area contributed by atoms with Crippen molar-refractivity contribution in [2.75, 3.05) is 20.2 Å². The lowest BCUT2D eigenvalue weighted by Gasteiger charge is -2.13. The minimum atomic E-state index is 0.520. The average molecular weight is 295 g/mol. The normalized spacial score (nSPS) is 16.6. The second-order valence-corrected chi connectivity index (χ2v) is 6.09. The van der Waals surface area contributed by atoms with Crippen LogP contribution in [0.2, 0.25) is 0 Å². The van der Waals surface area contributed by atoms with Crippen LogP contribution in [0.25, 0.3) is 0 Å². The maximum absolute atomic E-state index is 5.84. The number of thiophene rings is 1. The van der Waals surface area contributed by atoms with Gasteiger partial charge >= 0.3 is 0 Å². The van der Waals surface area contributed by atoms with Crippen LogP contribution in [-0.2, 0) is 11.3 Å². The minimum absolute atomic E-state index is 0.520. The lowest BCUT2D eigenvalue weighted by Crippen LogP contribution is -2.37. The summed E-state index contributed by atoms with van der Waals surface area (Å²) in [6.45, 7) is 2.58. The SMILES string of the molecule is CN=C(NCCCOC1CCCC1)NCc1cccs1. The Balaban J connectivity index is 1.52. The molecule has 0 spiro atoms. The standard InChI is InChI=1S/C15H25N3OS/c1-16-15(18-12-14-8-4-11-20-14)17-9-5-10-19-13-6-2-3-7-13/h4,8,11,13H,2-3,5-7,9-10,12H2,1H3,(H2,16,17,18). The number of aliphatic imine (C=N–C) groups is 1. The largest absolute Gasteiger partial charge is 0.378 e. The molecule has 1 aliphatic rings. The van der Waals surface area contributed by atoms with Gasteiger partial charge in [0, 0.05) is 25.1 Å². The van der Waals surface area contributed by atoms with Crippen LogP contribution >= 0.6 is 11.3 Å². The van der Waals surface area contributed by atoms with Crippen molar-refractivity contribution >= 4 is 17.3 Å². The minimum Gasteiger partial charge on any atom is -0.378 e. The fourth-order valence-corrected chi connectivity index (χ4v) is 3.03. The molecule has 5 heteroatoms. The first-order valence-corrected chi connectivity index (χ1v) is 8.35. The Morgan fingerprint density at radius 2 is 2.25 bits per heavy atom. The highest BCUT2D eigenvalue weighted by Gasteiger charge is 2.14. The first kappa shape index (κ1) is 15.3. The van der Waals surface area contributed by atoms with Crippen LogP contribution in [0.15, 0.2) is 22.5 Å². The molecule has 0 atom stereocenters. The predicted octanol–water partition coefficient (Wildman–Crippen LogP) is 2.76. The molecule has 20 heavy (non-hydrogen) atoms. The van der Waals surface area contributed by atoms with Gasteiger partial charge in [0.1, 0.15) is 0 Å². The monoisotopic (exact) mass is 295 g/mol. The van der Waals surface area contributed by atoms with Gasteiger partial charge in [-0.25, -0.2) is 0 Å². The lowest BCUT2D eigenvalue weighted by atomic mass is 10.3. The molecule has 0 aromatic carbocycles. The molecular weight excluding hydrogens is 270 g/mol. The average Bonchev–Trinajstić information content (AvgIpc) is 3.14. The quantitative estimate of drug-likeness (QED) is 0.462. The third-order valence-electron chi connectivity index (χ3n) is 3.50. The summed E-state index contributed by atoms with van der Waals surface area (Å²) in [6.07, 6.45) is 6.71. The Kier molecular flexibility index (Phi) is 6.88. The van der Waals surface area contributed by atoms with Gasteiger partial charge in [0.05, 0.1) is 12.6 Å². The van der Waals surface area contributed by atoms with Gasteiger partial charge in [0.2, 0.25) is 0 Å². The van der Waals surface area contributed by atoms with Crippen LogP contribution in [-0.4, -0.2) is 32.3 Å². The van der Waals surface area contributed by atoms with Crippen LogP contribution in [0.3, 0.4) is 0 Å². The van der Waals surface area contributed by atoms with Crippen molar-refractivity contribution in [3.05, 3.63) is 22.4 Å². The van der Waals surface area contributed by atoms with Crippen molar-refractivity contribution in [3.8, 4) is 0 Å². The molecule has 2 N–H and O–H groups in total. The van der Waals surface area contributed by atoms with Crippen molar-refractivity contribution in [1.82, 2.24) is 10.6 Å². The van der Waals surface area contributed by atoms with E-state index in [1.807, 2.05) is 0 Å². The van der Waals surface area contributed by atoms with Gasteiger partial charge in [-0.3, -0.25) is 4.99 Å². The van der Waals surface area contributed by atoms with Gasteiger partial charge in [-0.05, 0) is 30.7 Å². The zero-order chi connectivity index (χ0) is 14.0. The van der Waals surface area contributed by atoms with E-state index < -0.39 is 0 Å². The highest BCUT2D eigenvalue weighted by atomic mass is 32.1. The molecule has 1 aromatic rings. The summed E-state index contributed by atoms with van der Waals surface area (Å²) in [5.41, 5.74) is 0. The summed E-state index contributed by atoms with van der Waals surface area (Å²) >= 11 is 1.76. The summed E-state index contributed by atoms with van der Waals surface area (Å²) < 4.78 is 5.84. The molecule has 1 aliphatic carbocycles. The van der Waals surface area contributed by atoms with E-state index in [0.717, 1.165) is 32.1 Å². The Hall–Kier alpha value is -1.07. The van der Waals surface area contributed by atoms with Gasteiger partial charge in [-0.1, -0.05) is 18.9 Å². The molecule has 1 heterocycles. The van der Waals surface area contributed by atoms with Crippen LogP contribution in [0.4, 0.5) is 0 Å². The first-order valence-electron chi connectivity index (χ1n) is 7.47. The maximum atomic E-state index is 5.84. The zero-order valence-electron chi connectivity index (χ0n) is 12.2. The van der Waals surface area contributed by atoms with Crippen molar-refractivity contribution in [2.45, 2.75) is 44.8 Å². The van der Waals surface area contributed by atoms with E-state index in [-0.39, 0.29) is 0 Å². The second-order valence-electron chi connectivity index (χ2n) is 5.06. The summed E-state index contributed by atoms with van der Waals surface area (Å²) in [4.78, 5) is 5.54. The van der Waals surface area contributed by atoms with Gasteiger partial charge in [-0.2, -0.15) is 0 Å². The number of guanidine groups is 1. The molecule has 112 valence electrons. The highest BCUT2D eigenvalue weighted by Crippen LogP contribution is 2.20. The van der Waals surface area contributed by atoms with Crippen LogP contribution in [0.1, 0.15) is 37.0 Å². The van der Waals surface area contributed by atoms with Crippen LogP contribution in [0.5, 0.6) is 0 Å². The van der Waals surface area contributed by atoms with E-state index in [0.29, 0.717) is 6.10 Å². The molecule has 1 fully saturated rings. The van der Waals surface area contributed by atoms with Crippen LogP contribution < -0.4 is 10.6 Å². The number of nitrogens with zero attached hydrogens (tertiary/aromatic N) is 1. The summed E-state index contributed by atoms with van der Waals surface area (Å²) in [6, 6.07) is 4.19. The lowest BCUT2D eigenvalue weighted by molar-refractivity contribution is 0.0574. The van der Waals surface area contributed by atoms with E-state index in [9.17, 15) is 0 Å². The van der Waals surface area contributed by atoms with Gasteiger partial charge in [-0.15, -0.1) is 11.3 Å². The Morgan fingerprint density at radius 3 is 2.95 bits per heavy atom. The van der Waals surface area contributed by atoms with Gasteiger partial charge in [0.15, 0.2) is 5.96 Å². The zero-order valence-corrected chi connectivity index (χ0v) is 13.0. The number of ether oxygens (including phenoxy) is 1. The molecule has 1 aromatic heterocycles. The molecular formula is C15H25N3OS. The number of hydrogen-bond acceptors (Lipinski definition) is 3. The second kappa shape index (κ2) is 8.97. The molecule has 0 radical (unpaired) electrons. The number of hydrogen-bond donors (Lipinski definition) is 2. The van der Waals surface area contributed by atoms with Crippen molar-refractivity contribution < 1.29 is 4.74 Å². The molecule has 0 saturated heterocycles. The van der Waals surface area contributed by atoms with Crippen LogP contribution in [0, 0.1) is 0 Å². The first-order chi connectivity index (χ1) is 9.88. The fraction of sp³-hybridized carbons (Fsp3) is 0.667. The Labute approximate surface area is 125 Å². The van der Waals surface area contributed by atoms with Gasteiger partial charge < -0.3 is 15.4 Å². The smallest absolute Gasteiger partial charge is 0.191 e. The van der Waals surface area contributed by atoms with Crippen molar-refractivity contribution in [1.29, 1.82) is 0 Å². The summed E-state index contributed by atoms with van der Waals surface area (Å²) in [5, 5.41) is 8.72. The van der Waals surface area contributed by atoms with E-state index in [4.69, 9.17) is 4.74 Å². The molecule has 0 unspecified atom stereocenters. The number of rotatable bonds is 7. The van der Waals surface area contributed by atoms with Gasteiger partial charge in [0.25, 0.3) is 0 Å². The molecule has 0 aliphatic heterocycles. The topological polar surface area (TPSA) is 45.7 Å². The Bertz CT molecular complexity index is 386. The molecule has 0 bridgehead atoms. The fourth-order valence-electron chi connectivity index (χ4n) is 2.39. The summed E-state index contributed by atoms with van der Waals surface area (Å²) in [7, 11) is 1.80. The van der Waals surface area contributed by atoms with E-state index in [1.165, 1.54) is 30.6 Å². The molecule has 2 rings (SSSR count). The van der Waals surface area contributed by atoms with Crippen molar-refractivity contribution in [2.24, 2.45) is 4.99 Å². The predicted molar refractivity (Wildman–Crippen MR) is 85.3 cm³/mol. The third-order valence-corrected chi connectivity index (χ3v) is 4.38. The Morgan fingerprint density at radius 1 is 1.40 bits per heavy atom. The van der Waals surface area contributed by atoms with E-state index in [2.05, 4.69) is 33.1 Å². The molecule has 0 amide bonds. The van der Waals surface area contributed by atoms with Crippen molar-refractivity contribution in [3.63, 3.8) is 0 Å². The molecule has 1 saturated carbocycles. The van der Waals surface area contributed by atoms with E-state index >= 15 is 0 Å². The maximum Gasteiger partial charge on any atom is 0.191 e. The number of nitrogens with one attached hydrogen (secondary N) is 2. The summed E-state index contributed by atoms with van der Waals surface area (Å²) in [5.74, 6) is 0.860. The van der Waals surface area contributed by atoms with E-state index in [1.54, 1.807) is 18.4 Å².